The normalized spacial score (nSPS) is 11.5. The van der Waals surface area contributed by atoms with Crippen LogP contribution < -0.4 is 4.74 Å². The highest BCUT2D eigenvalue weighted by Gasteiger charge is 2.19. The summed E-state index contributed by atoms with van der Waals surface area (Å²) in [6, 6.07) is 38.2. The number of hydrogen-bond acceptors (Lipinski definition) is 4. The van der Waals surface area contributed by atoms with Crippen LogP contribution in [-0.2, 0) is 0 Å². The van der Waals surface area contributed by atoms with Gasteiger partial charge in [0.05, 0.1) is 7.11 Å². The van der Waals surface area contributed by atoms with Gasteiger partial charge >= 0.3 is 6.01 Å². The highest BCUT2D eigenvalue weighted by atomic mass is 16.5. The van der Waals surface area contributed by atoms with Gasteiger partial charge in [-0.2, -0.15) is 9.97 Å². The first-order valence-corrected chi connectivity index (χ1v) is 11.9. The Morgan fingerprint density at radius 1 is 0.444 bits per heavy atom. The van der Waals surface area contributed by atoms with Crippen molar-refractivity contribution in [1.82, 2.24) is 15.0 Å². The van der Waals surface area contributed by atoms with Crippen molar-refractivity contribution in [2.24, 2.45) is 0 Å². The molecule has 0 spiro atoms. The second-order valence-electron chi connectivity index (χ2n) is 8.86. The molecule has 0 atom stereocenters. The molecule has 0 N–H and O–H groups in total. The van der Waals surface area contributed by atoms with Crippen LogP contribution in [0.4, 0.5) is 0 Å². The van der Waals surface area contributed by atoms with Crippen LogP contribution in [0.15, 0.2) is 109 Å². The smallest absolute Gasteiger partial charge is 0.320 e. The van der Waals surface area contributed by atoms with E-state index in [0.717, 1.165) is 54.2 Å². The van der Waals surface area contributed by atoms with Crippen LogP contribution in [-0.4, -0.2) is 22.1 Å². The summed E-state index contributed by atoms with van der Waals surface area (Å²) >= 11 is 0. The third-order valence-corrected chi connectivity index (χ3v) is 6.79. The van der Waals surface area contributed by atoms with Gasteiger partial charge < -0.3 is 4.74 Å². The van der Waals surface area contributed by atoms with Crippen molar-refractivity contribution in [1.29, 1.82) is 0 Å². The lowest BCUT2D eigenvalue weighted by Gasteiger charge is -2.14. The van der Waals surface area contributed by atoms with Crippen LogP contribution in [0.1, 0.15) is 0 Å². The van der Waals surface area contributed by atoms with E-state index >= 15 is 0 Å². The van der Waals surface area contributed by atoms with E-state index in [4.69, 9.17) is 19.7 Å². The van der Waals surface area contributed by atoms with Crippen molar-refractivity contribution in [3.63, 3.8) is 0 Å². The number of hydrogen-bond donors (Lipinski definition) is 0. The second-order valence-corrected chi connectivity index (χ2v) is 8.86. The molecule has 0 saturated carbocycles. The first kappa shape index (κ1) is 20.5. The highest BCUT2D eigenvalue weighted by molar-refractivity contribution is 6.13. The van der Waals surface area contributed by atoms with Gasteiger partial charge in [0.1, 0.15) is 0 Å². The average Bonchev–Trinajstić information content (AvgIpc) is 2.94. The summed E-state index contributed by atoms with van der Waals surface area (Å²) in [6.45, 7) is 0. The molecule has 0 radical (unpaired) electrons. The van der Waals surface area contributed by atoms with Gasteiger partial charge in [0, 0.05) is 11.1 Å². The molecule has 170 valence electrons. The lowest BCUT2D eigenvalue weighted by atomic mass is 9.95. The molecule has 0 aliphatic rings. The number of ether oxygens (including phenoxy) is 1. The van der Waals surface area contributed by atoms with Crippen LogP contribution in [0.25, 0.3) is 65.9 Å². The Balaban J connectivity index is 1.61. The summed E-state index contributed by atoms with van der Waals surface area (Å²) in [5, 5.41) is 8.95. The van der Waals surface area contributed by atoms with Crippen molar-refractivity contribution in [3.05, 3.63) is 109 Å². The lowest BCUT2D eigenvalue weighted by Crippen LogP contribution is -2.02. The van der Waals surface area contributed by atoms with Crippen molar-refractivity contribution < 1.29 is 4.74 Å². The molecule has 0 aliphatic heterocycles. The van der Waals surface area contributed by atoms with E-state index in [1.807, 2.05) is 0 Å². The predicted molar refractivity (Wildman–Crippen MR) is 147 cm³/mol. The summed E-state index contributed by atoms with van der Waals surface area (Å²) < 4.78 is 5.62. The zero-order chi connectivity index (χ0) is 24.1. The molecule has 0 aliphatic carbocycles. The summed E-state index contributed by atoms with van der Waals surface area (Å²) in [6.07, 6.45) is 0. The molecule has 0 bridgehead atoms. The number of nitrogens with zero attached hydrogens (tertiary/aromatic N) is 3. The fourth-order valence-corrected chi connectivity index (χ4v) is 5.18. The molecule has 1 heterocycles. The Bertz CT molecular complexity index is 1700. The third-order valence-electron chi connectivity index (χ3n) is 6.79. The number of aromatic nitrogens is 3. The van der Waals surface area contributed by atoms with Crippen LogP contribution in [0.2, 0.25) is 0 Å². The maximum atomic E-state index is 5.62. The fraction of sp³-hybridized carbons (Fsp3) is 0.0312. The van der Waals surface area contributed by atoms with Gasteiger partial charge in [-0.15, -0.1) is 0 Å². The molecule has 4 nitrogen and oxygen atoms in total. The van der Waals surface area contributed by atoms with Crippen molar-refractivity contribution in [2.45, 2.75) is 0 Å². The second kappa shape index (κ2) is 8.14. The minimum absolute atomic E-state index is 0.295. The molecule has 0 amide bonds. The number of rotatable bonds is 3. The van der Waals surface area contributed by atoms with Crippen LogP contribution >= 0.6 is 0 Å². The number of benzene rings is 6. The van der Waals surface area contributed by atoms with Crippen LogP contribution in [0.3, 0.4) is 0 Å². The summed E-state index contributed by atoms with van der Waals surface area (Å²) in [5.74, 6) is 1.20. The van der Waals surface area contributed by atoms with E-state index in [-0.39, 0.29) is 0 Å². The Hall–Kier alpha value is -4.83. The van der Waals surface area contributed by atoms with Crippen molar-refractivity contribution in [2.75, 3.05) is 7.11 Å². The Kier molecular flexibility index (Phi) is 4.64. The van der Waals surface area contributed by atoms with Gasteiger partial charge in [-0.1, -0.05) is 97.1 Å². The molecule has 6 aromatic carbocycles. The summed E-state index contributed by atoms with van der Waals surface area (Å²) in [4.78, 5) is 14.6. The maximum Gasteiger partial charge on any atom is 0.320 e. The Morgan fingerprint density at radius 2 is 0.778 bits per heavy atom. The molecule has 4 heteroatoms. The molecule has 7 aromatic rings. The van der Waals surface area contributed by atoms with Gasteiger partial charge in [-0.25, -0.2) is 4.98 Å². The maximum absolute atomic E-state index is 5.62. The van der Waals surface area contributed by atoms with E-state index in [9.17, 15) is 0 Å². The topological polar surface area (TPSA) is 47.9 Å². The van der Waals surface area contributed by atoms with Gasteiger partial charge in [-0.05, 0) is 55.2 Å². The first-order valence-electron chi connectivity index (χ1n) is 11.9. The molecular formula is C32H21N3O. The molecule has 0 fully saturated rings. The van der Waals surface area contributed by atoms with Gasteiger partial charge in [-0.3, -0.25) is 0 Å². The quantitative estimate of drug-likeness (QED) is 0.251. The summed E-state index contributed by atoms with van der Waals surface area (Å²) in [7, 11) is 1.60. The summed E-state index contributed by atoms with van der Waals surface area (Å²) in [5.41, 5.74) is 1.96. The Morgan fingerprint density at radius 3 is 1.11 bits per heavy atom. The zero-order valence-corrected chi connectivity index (χ0v) is 19.6. The van der Waals surface area contributed by atoms with E-state index in [1.54, 1.807) is 7.11 Å². The number of methoxy groups -OCH3 is 1. The molecule has 0 unspecified atom stereocenters. The minimum atomic E-state index is 0.295. The van der Waals surface area contributed by atoms with Crippen LogP contribution in [0.5, 0.6) is 6.01 Å². The third kappa shape index (κ3) is 3.19. The molecule has 36 heavy (non-hydrogen) atoms. The van der Waals surface area contributed by atoms with Gasteiger partial charge in [0.2, 0.25) is 0 Å². The zero-order valence-electron chi connectivity index (χ0n) is 19.6. The SMILES string of the molecule is COc1nc(-c2c3ccccc3cc3ccccc23)nc(-c2c3ccccc3cc3ccccc23)n1. The monoisotopic (exact) mass is 463 g/mol. The van der Waals surface area contributed by atoms with E-state index in [2.05, 4.69) is 109 Å². The molecular weight excluding hydrogens is 442 g/mol. The van der Waals surface area contributed by atoms with Gasteiger partial charge in [0.25, 0.3) is 0 Å². The molecule has 0 saturated heterocycles. The minimum Gasteiger partial charge on any atom is -0.467 e. The molecule has 1 aromatic heterocycles. The van der Waals surface area contributed by atoms with Gasteiger partial charge in [0.15, 0.2) is 11.6 Å². The van der Waals surface area contributed by atoms with Crippen LogP contribution in [0, 0.1) is 0 Å². The van der Waals surface area contributed by atoms with Crippen molar-refractivity contribution >= 4 is 43.1 Å². The van der Waals surface area contributed by atoms with E-state index < -0.39 is 0 Å². The highest BCUT2D eigenvalue weighted by Crippen LogP contribution is 2.38. The van der Waals surface area contributed by atoms with Crippen molar-refractivity contribution in [3.8, 4) is 28.8 Å². The lowest BCUT2D eigenvalue weighted by molar-refractivity contribution is 0.379. The number of fused-ring (bicyclic) bond motifs is 4. The largest absolute Gasteiger partial charge is 0.467 e. The van der Waals surface area contributed by atoms with E-state index in [0.29, 0.717) is 17.7 Å². The standard InChI is InChI=1S/C32H21N3O/c1-36-32-34-30(28-24-14-6-2-10-20(24)18-21-11-3-7-15-25(21)28)33-31(35-32)29-26-16-8-4-12-22(26)19-23-13-5-9-17-27(23)29/h2-19H,1H3. The molecule has 7 rings (SSSR count). The Labute approximate surface area is 207 Å². The first-order chi connectivity index (χ1) is 17.8. The average molecular weight is 464 g/mol. The fourth-order valence-electron chi connectivity index (χ4n) is 5.18. The predicted octanol–water partition coefficient (Wildman–Crippen LogP) is 7.83. The van der Waals surface area contributed by atoms with E-state index in [1.165, 1.54) is 0 Å².